The van der Waals surface area contributed by atoms with Crippen molar-refractivity contribution in [3.63, 3.8) is 0 Å². The van der Waals surface area contributed by atoms with Crippen LogP contribution in [-0.4, -0.2) is 17.0 Å². The Hall–Kier alpha value is -3.60. The number of unbranched alkanes of at least 4 members (excludes halogenated alkanes) is 1. The quantitative estimate of drug-likeness (QED) is 0.341. The van der Waals surface area contributed by atoms with E-state index in [9.17, 15) is 14.7 Å². The summed E-state index contributed by atoms with van der Waals surface area (Å²) in [7, 11) is 0. The molecule has 5 nitrogen and oxygen atoms in total. The molecule has 0 aliphatic heterocycles. The molecule has 3 rings (SSSR count). The van der Waals surface area contributed by atoms with Crippen LogP contribution < -0.4 is 9.47 Å². The predicted molar refractivity (Wildman–Crippen MR) is 111 cm³/mol. The Morgan fingerprint density at radius 1 is 0.966 bits per heavy atom. The number of carbonyl (C=O) groups excluding carboxylic acids is 2. The van der Waals surface area contributed by atoms with Crippen molar-refractivity contribution in [3.8, 4) is 17.2 Å². The van der Waals surface area contributed by atoms with Gasteiger partial charge in [0, 0.05) is 6.08 Å². The van der Waals surface area contributed by atoms with Gasteiger partial charge in [0.2, 0.25) is 0 Å². The summed E-state index contributed by atoms with van der Waals surface area (Å²) in [5.41, 5.74) is 1.16. The van der Waals surface area contributed by atoms with Crippen LogP contribution in [0.2, 0.25) is 0 Å². The standard InChI is InChI=1S/C24H22O5/c1-3-5-6-18-15-21(11-12-22(18)25)29-24(27)19-8-7-17-14-20(28-23(26)4-2)10-9-16(17)13-19/h4,7-15,25H,2-3,5-6H2,1H3. The minimum absolute atomic E-state index is 0.205. The zero-order valence-electron chi connectivity index (χ0n) is 16.2. The first-order chi connectivity index (χ1) is 14.0. The third-order valence-electron chi connectivity index (χ3n) is 4.49. The van der Waals surface area contributed by atoms with E-state index in [0.717, 1.165) is 41.7 Å². The maximum absolute atomic E-state index is 12.6. The van der Waals surface area contributed by atoms with Gasteiger partial charge in [-0.25, -0.2) is 9.59 Å². The van der Waals surface area contributed by atoms with Crippen LogP contribution in [0.1, 0.15) is 35.7 Å². The third-order valence-corrected chi connectivity index (χ3v) is 4.49. The van der Waals surface area contributed by atoms with Crippen molar-refractivity contribution in [1.82, 2.24) is 0 Å². The van der Waals surface area contributed by atoms with Crippen LogP contribution in [0.3, 0.4) is 0 Å². The number of carbonyl (C=O) groups is 2. The van der Waals surface area contributed by atoms with E-state index in [1.807, 2.05) is 0 Å². The summed E-state index contributed by atoms with van der Waals surface area (Å²) in [5, 5.41) is 11.6. The van der Waals surface area contributed by atoms with E-state index in [4.69, 9.17) is 9.47 Å². The highest BCUT2D eigenvalue weighted by Crippen LogP contribution is 2.26. The molecule has 29 heavy (non-hydrogen) atoms. The first-order valence-electron chi connectivity index (χ1n) is 9.42. The average Bonchev–Trinajstić information content (AvgIpc) is 2.73. The molecule has 0 saturated carbocycles. The number of benzene rings is 3. The maximum Gasteiger partial charge on any atom is 0.343 e. The van der Waals surface area contributed by atoms with Crippen LogP contribution >= 0.6 is 0 Å². The van der Waals surface area contributed by atoms with E-state index in [2.05, 4.69) is 13.5 Å². The Balaban J connectivity index is 1.78. The highest BCUT2D eigenvalue weighted by Gasteiger charge is 2.12. The molecule has 0 aromatic heterocycles. The Kier molecular flexibility index (Phi) is 6.29. The van der Waals surface area contributed by atoms with E-state index in [1.54, 1.807) is 54.6 Å². The van der Waals surface area contributed by atoms with Gasteiger partial charge in [0.1, 0.15) is 17.2 Å². The minimum atomic E-state index is -0.531. The summed E-state index contributed by atoms with van der Waals surface area (Å²) in [6.07, 6.45) is 3.78. The van der Waals surface area contributed by atoms with Gasteiger partial charge in [0.15, 0.2) is 0 Å². The van der Waals surface area contributed by atoms with Crippen LogP contribution in [0.25, 0.3) is 10.8 Å². The second kappa shape index (κ2) is 9.06. The zero-order chi connectivity index (χ0) is 20.8. The van der Waals surface area contributed by atoms with Crippen LogP contribution in [-0.2, 0) is 11.2 Å². The Morgan fingerprint density at radius 2 is 1.66 bits per heavy atom. The molecule has 0 bridgehead atoms. The molecule has 3 aromatic carbocycles. The number of hydrogen-bond acceptors (Lipinski definition) is 5. The van der Waals surface area contributed by atoms with Gasteiger partial charge in [0.25, 0.3) is 0 Å². The van der Waals surface area contributed by atoms with Crippen molar-refractivity contribution in [2.45, 2.75) is 26.2 Å². The third kappa shape index (κ3) is 5.02. The number of ether oxygens (including phenoxy) is 2. The molecule has 0 heterocycles. The number of rotatable bonds is 7. The first-order valence-corrected chi connectivity index (χ1v) is 9.42. The molecular weight excluding hydrogens is 368 g/mol. The summed E-state index contributed by atoms with van der Waals surface area (Å²) in [4.78, 5) is 23.9. The largest absolute Gasteiger partial charge is 0.508 e. The minimum Gasteiger partial charge on any atom is -0.508 e. The highest BCUT2D eigenvalue weighted by atomic mass is 16.5. The molecule has 3 aromatic rings. The number of aromatic hydroxyl groups is 1. The summed E-state index contributed by atoms with van der Waals surface area (Å²) in [6.45, 7) is 5.45. The van der Waals surface area contributed by atoms with Gasteiger partial charge < -0.3 is 14.6 Å². The van der Waals surface area contributed by atoms with E-state index in [1.165, 1.54) is 0 Å². The molecule has 0 radical (unpaired) electrons. The molecule has 1 N–H and O–H groups in total. The number of fused-ring (bicyclic) bond motifs is 1. The molecular formula is C24H22O5. The fourth-order valence-corrected chi connectivity index (χ4v) is 2.93. The van der Waals surface area contributed by atoms with Crippen molar-refractivity contribution in [2.24, 2.45) is 0 Å². The van der Waals surface area contributed by atoms with Crippen molar-refractivity contribution < 1.29 is 24.2 Å². The second-order valence-electron chi connectivity index (χ2n) is 6.63. The lowest BCUT2D eigenvalue weighted by Gasteiger charge is -2.09. The van der Waals surface area contributed by atoms with Crippen LogP contribution in [0, 0.1) is 0 Å². The molecule has 5 heteroatoms. The lowest BCUT2D eigenvalue weighted by Crippen LogP contribution is -2.08. The normalized spacial score (nSPS) is 10.5. The highest BCUT2D eigenvalue weighted by molar-refractivity contribution is 5.97. The van der Waals surface area contributed by atoms with Gasteiger partial charge in [-0.05, 0) is 71.6 Å². The van der Waals surface area contributed by atoms with E-state index >= 15 is 0 Å². The Morgan fingerprint density at radius 3 is 2.41 bits per heavy atom. The monoisotopic (exact) mass is 390 g/mol. The summed E-state index contributed by atoms with van der Waals surface area (Å²) >= 11 is 0. The predicted octanol–water partition coefficient (Wildman–Crippen LogP) is 5.20. The van der Waals surface area contributed by atoms with Crippen molar-refractivity contribution in [3.05, 3.63) is 78.4 Å². The zero-order valence-corrected chi connectivity index (χ0v) is 16.2. The SMILES string of the molecule is C=CC(=O)Oc1ccc2cc(C(=O)Oc3ccc(O)c(CCCC)c3)ccc2c1. The Bertz CT molecular complexity index is 1070. The van der Waals surface area contributed by atoms with E-state index in [-0.39, 0.29) is 5.75 Å². The smallest absolute Gasteiger partial charge is 0.343 e. The maximum atomic E-state index is 12.6. The van der Waals surface area contributed by atoms with E-state index in [0.29, 0.717) is 17.1 Å². The van der Waals surface area contributed by atoms with Crippen molar-refractivity contribution in [2.75, 3.05) is 0 Å². The van der Waals surface area contributed by atoms with Crippen LogP contribution in [0.4, 0.5) is 0 Å². The van der Waals surface area contributed by atoms with Crippen LogP contribution in [0.15, 0.2) is 67.3 Å². The van der Waals surface area contributed by atoms with Gasteiger partial charge in [-0.2, -0.15) is 0 Å². The molecule has 0 amide bonds. The van der Waals surface area contributed by atoms with Crippen molar-refractivity contribution >= 4 is 22.7 Å². The number of phenolic OH excluding ortho intramolecular Hbond substituents is 1. The fourth-order valence-electron chi connectivity index (χ4n) is 2.93. The number of esters is 2. The molecule has 0 spiro atoms. The molecule has 148 valence electrons. The average molecular weight is 390 g/mol. The van der Waals surface area contributed by atoms with Gasteiger partial charge in [-0.15, -0.1) is 0 Å². The molecule has 0 atom stereocenters. The molecule has 0 aliphatic rings. The van der Waals surface area contributed by atoms with Gasteiger partial charge in [0.05, 0.1) is 5.56 Å². The summed E-state index contributed by atoms with van der Waals surface area (Å²) < 4.78 is 10.6. The Labute approximate surface area is 169 Å². The number of hydrogen-bond donors (Lipinski definition) is 1. The molecule has 0 saturated heterocycles. The first kappa shape index (κ1) is 20.1. The fraction of sp³-hybridized carbons (Fsp3) is 0.167. The van der Waals surface area contributed by atoms with Crippen molar-refractivity contribution in [1.29, 1.82) is 0 Å². The second-order valence-corrected chi connectivity index (χ2v) is 6.63. The van der Waals surface area contributed by atoms with Gasteiger partial charge in [-0.1, -0.05) is 32.1 Å². The molecule has 0 unspecified atom stereocenters. The number of phenols is 1. The molecule has 0 fully saturated rings. The summed E-state index contributed by atoms with van der Waals surface area (Å²) in [5.74, 6) is -0.0121. The lowest BCUT2D eigenvalue weighted by atomic mass is 10.1. The van der Waals surface area contributed by atoms with Gasteiger partial charge in [-0.3, -0.25) is 0 Å². The molecule has 0 aliphatic carbocycles. The lowest BCUT2D eigenvalue weighted by molar-refractivity contribution is -0.128. The van der Waals surface area contributed by atoms with Gasteiger partial charge >= 0.3 is 11.9 Å². The van der Waals surface area contributed by atoms with E-state index < -0.39 is 11.9 Å². The van der Waals surface area contributed by atoms with Crippen LogP contribution in [0.5, 0.6) is 17.2 Å². The number of aryl methyl sites for hydroxylation is 1. The summed E-state index contributed by atoms with van der Waals surface area (Å²) in [6, 6.07) is 15.1. The topological polar surface area (TPSA) is 72.8 Å².